The van der Waals surface area contributed by atoms with Gasteiger partial charge >= 0.3 is 0 Å². The molecule has 0 N–H and O–H groups in total. The van der Waals surface area contributed by atoms with Crippen molar-refractivity contribution in [1.82, 2.24) is 24.6 Å². The zero-order valence-corrected chi connectivity index (χ0v) is 16.1. The van der Waals surface area contributed by atoms with Gasteiger partial charge in [-0.25, -0.2) is 4.98 Å². The SMILES string of the molecule is Cc1cc(Oc2ccccc2)nc(C2CCCCN2C(=O)c2ccn(C)n2)n1. The van der Waals surface area contributed by atoms with E-state index in [9.17, 15) is 4.79 Å². The van der Waals surface area contributed by atoms with Crippen LogP contribution in [-0.2, 0) is 7.05 Å². The van der Waals surface area contributed by atoms with Crippen molar-refractivity contribution in [3.05, 3.63) is 65.9 Å². The molecule has 1 aromatic carbocycles. The summed E-state index contributed by atoms with van der Waals surface area (Å²) in [7, 11) is 1.81. The van der Waals surface area contributed by atoms with E-state index in [2.05, 4.69) is 15.1 Å². The quantitative estimate of drug-likeness (QED) is 0.693. The molecule has 0 aliphatic carbocycles. The van der Waals surface area contributed by atoms with Crippen LogP contribution in [0.3, 0.4) is 0 Å². The molecule has 1 amide bonds. The van der Waals surface area contributed by atoms with Gasteiger partial charge in [-0.15, -0.1) is 0 Å². The molecule has 3 aromatic rings. The highest BCUT2D eigenvalue weighted by atomic mass is 16.5. The number of piperidine rings is 1. The van der Waals surface area contributed by atoms with Crippen molar-refractivity contribution in [1.29, 1.82) is 0 Å². The van der Waals surface area contributed by atoms with Crippen LogP contribution in [0, 0.1) is 6.92 Å². The number of hydrogen-bond acceptors (Lipinski definition) is 5. The molecule has 1 saturated heterocycles. The molecule has 0 radical (unpaired) electrons. The van der Waals surface area contributed by atoms with Gasteiger partial charge in [-0.3, -0.25) is 9.48 Å². The molecule has 1 fully saturated rings. The largest absolute Gasteiger partial charge is 0.439 e. The van der Waals surface area contributed by atoms with E-state index in [1.807, 2.05) is 48.2 Å². The number of carbonyl (C=O) groups is 1. The fourth-order valence-corrected chi connectivity index (χ4v) is 3.49. The summed E-state index contributed by atoms with van der Waals surface area (Å²) in [6, 6.07) is 12.9. The van der Waals surface area contributed by atoms with Crippen molar-refractivity contribution in [2.24, 2.45) is 7.05 Å². The van der Waals surface area contributed by atoms with Gasteiger partial charge < -0.3 is 9.64 Å². The Bertz CT molecular complexity index is 970. The lowest BCUT2D eigenvalue weighted by molar-refractivity contribution is 0.0591. The maximum atomic E-state index is 13.0. The maximum absolute atomic E-state index is 13.0. The molecule has 7 nitrogen and oxygen atoms in total. The van der Waals surface area contributed by atoms with Crippen LogP contribution in [0.5, 0.6) is 11.6 Å². The minimum atomic E-state index is -0.179. The number of carbonyl (C=O) groups excluding carboxylic acids is 1. The van der Waals surface area contributed by atoms with Gasteiger partial charge in [-0.05, 0) is 44.4 Å². The highest BCUT2D eigenvalue weighted by Gasteiger charge is 2.32. The van der Waals surface area contributed by atoms with Crippen LogP contribution in [0.2, 0.25) is 0 Å². The van der Waals surface area contributed by atoms with E-state index in [0.717, 1.165) is 30.7 Å². The predicted octanol–water partition coefficient (Wildman–Crippen LogP) is 3.68. The first-order chi connectivity index (χ1) is 13.6. The third-order valence-corrected chi connectivity index (χ3v) is 4.81. The lowest BCUT2D eigenvalue weighted by atomic mass is 10.0. The maximum Gasteiger partial charge on any atom is 0.274 e. The normalized spacial score (nSPS) is 16.8. The summed E-state index contributed by atoms with van der Waals surface area (Å²) in [5.41, 5.74) is 1.26. The van der Waals surface area contributed by atoms with Crippen molar-refractivity contribution in [3.63, 3.8) is 0 Å². The Morgan fingerprint density at radius 3 is 2.71 bits per heavy atom. The van der Waals surface area contributed by atoms with Gasteiger partial charge in [-0.2, -0.15) is 10.1 Å². The Labute approximate surface area is 164 Å². The third-order valence-electron chi connectivity index (χ3n) is 4.81. The smallest absolute Gasteiger partial charge is 0.274 e. The Kier molecular flexibility index (Phi) is 5.06. The van der Waals surface area contributed by atoms with Crippen molar-refractivity contribution in [2.75, 3.05) is 6.54 Å². The van der Waals surface area contributed by atoms with Crippen molar-refractivity contribution in [2.45, 2.75) is 32.2 Å². The highest BCUT2D eigenvalue weighted by molar-refractivity contribution is 5.92. The second-order valence-electron chi connectivity index (χ2n) is 7.01. The van der Waals surface area contributed by atoms with Gasteiger partial charge in [0.05, 0.1) is 6.04 Å². The molecule has 1 unspecified atom stereocenters. The summed E-state index contributed by atoms with van der Waals surface area (Å²) < 4.78 is 7.54. The van der Waals surface area contributed by atoms with Gasteiger partial charge in [0, 0.05) is 31.5 Å². The molecule has 144 valence electrons. The molecule has 1 aliphatic heterocycles. The number of aromatic nitrogens is 4. The lowest BCUT2D eigenvalue weighted by Crippen LogP contribution is -2.39. The Morgan fingerprint density at radius 2 is 1.96 bits per heavy atom. The summed E-state index contributed by atoms with van der Waals surface area (Å²) in [4.78, 5) is 24.1. The van der Waals surface area contributed by atoms with Gasteiger partial charge in [0.25, 0.3) is 5.91 Å². The molecule has 4 rings (SSSR count). The Hall–Kier alpha value is -3.22. The first-order valence-electron chi connectivity index (χ1n) is 9.49. The molecular formula is C21H23N5O2. The fourth-order valence-electron chi connectivity index (χ4n) is 3.49. The van der Waals surface area contributed by atoms with E-state index < -0.39 is 0 Å². The Morgan fingerprint density at radius 1 is 1.14 bits per heavy atom. The van der Waals surface area contributed by atoms with E-state index in [1.54, 1.807) is 24.0 Å². The molecule has 0 spiro atoms. The molecule has 3 heterocycles. The average molecular weight is 377 g/mol. The van der Waals surface area contributed by atoms with Gasteiger partial charge in [0.15, 0.2) is 5.82 Å². The molecule has 28 heavy (non-hydrogen) atoms. The van der Waals surface area contributed by atoms with E-state index in [4.69, 9.17) is 4.74 Å². The summed E-state index contributed by atoms with van der Waals surface area (Å²) in [5, 5.41) is 4.26. The second-order valence-corrected chi connectivity index (χ2v) is 7.01. The van der Waals surface area contributed by atoms with Crippen LogP contribution in [0.4, 0.5) is 0 Å². The molecule has 0 saturated carbocycles. The van der Waals surface area contributed by atoms with Crippen LogP contribution in [0.15, 0.2) is 48.7 Å². The summed E-state index contributed by atoms with van der Waals surface area (Å²) in [5.74, 6) is 1.75. The van der Waals surface area contributed by atoms with Crippen LogP contribution in [0.1, 0.15) is 47.3 Å². The zero-order chi connectivity index (χ0) is 19.5. The number of hydrogen-bond donors (Lipinski definition) is 0. The van der Waals surface area contributed by atoms with Crippen molar-refractivity contribution in [3.8, 4) is 11.6 Å². The number of nitrogens with zero attached hydrogens (tertiary/aromatic N) is 5. The summed E-state index contributed by atoms with van der Waals surface area (Å²) >= 11 is 0. The predicted molar refractivity (Wildman–Crippen MR) is 104 cm³/mol. The Balaban J connectivity index is 1.63. The van der Waals surface area contributed by atoms with Crippen molar-refractivity contribution >= 4 is 5.91 Å². The monoisotopic (exact) mass is 377 g/mol. The number of ether oxygens (including phenoxy) is 1. The molecular weight excluding hydrogens is 354 g/mol. The molecule has 2 aromatic heterocycles. The number of para-hydroxylation sites is 1. The van der Waals surface area contributed by atoms with E-state index >= 15 is 0 Å². The lowest BCUT2D eigenvalue weighted by Gasteiger charge is -2.34. The summed E-state index contributed by atoms with van der Waals surface area (Å²) in [6.07, 6.45) is 4.60. The summed E-state index contributed by atoms with van der Waals surface area (Å²) in [6.45, 7) is 2.59. The topological polar surface area (TPSA) is 73.1 Å². The zero-order valence-electron chi connectivity index (χ0n) is 16.1. The first kappa shape index (κ1) is 18.2. The minimum absolute atomic E-state index is 0.0825. The highest BCUT2D eigenvalue weighted by Crippen LogP contribution is 2.31. The minimum Gasteiger partial charge on any atom is -0.439 e. The van der Waals surface area contributed by atoms with E-state index in [0.29, 0.717) is 23.9 Å². The van der Waals surface area contributed by atoms with E-state index in [-0.39, 0.29) is 11.9 Å². The molecule has 0 bridgehead atoms. The number of likely N-dealkylation sites (tertiary alicyclic amines) is 1. The number of amides is 1. The third kappa shape index (κ3) is 3.88. The van der Waals surface area contributed by atoms with Crippen LogP contribution in [0.25, 0.3) is 0 Å². The fraction of sp³-hybridized carbons (Fsp3) is 0.333. The standard InChI is InChI=1S/C21H23N5O2/c1-15-14-19(28-16-8-4-3-5-9-16)23-20(22-15)18-10-6-7-12-26(18)21(27)17-11-13-25(2)24-17/h3-5,8-9,11,13-14,18H,6-7,10,12H2,1-2H3. The van der Waals surface area contributed by atoms with E-state index in [1.165, 1.54) is 0 Å². The number of rotatable bonds is 4. The van der Waals surface area contributed by atoms with Gasteiger partial charge in [0.2, 0.25) is 5.88 Å². The molecule has 1 atom stereocenters. The number of aryl methyl sites for hydroxylation is 2. The van der Waals surface area contributed by atoms with Crippen molar-refractivity contribution < 1.29 is 9.53 Å². The number of benzene rings is 1. The van der Waals surface area contributed by atoms with Crippen LogP contribution in [-0.4, -0.2) is 37.1 Å². The van der Waals surface area contributed by atoms with Gasteiger partial charge in [0.1, 0.15) is 11.4 Å². The first-order valence-corrected chi connectivity index (χ1v) is 9.49. The average Bonchev–Trinajstić information content (AvgIpc) is 3.14. The molecule has 1 aliphatic rings. The second kappa shape index (κ2) is 7.80. The molecule has 7 heteroatoms. The van der Waals surface area contributed by atoms with Gasteiger partial charge in [-0.1, -0.05) is 18.2 Å². The van der Waals surface area contributed by atoms with Crippen LogP contribution >= 0.6 is 0 Å². The van der Waals surface area contributed by atoms with Crippen LogP contribution < -0.4 is 4.74 Å².